The van der Waals surface area contributed by atoms with Crippen molar-refractivity contribution in [3.8, 4) is 5.75 Å². The molecule has 2 heterocycles. The van der Waals surface area contributed by atoms with E-state index in [-0.39, 0.29) is 42.5 Å². The van der Waals surface area contributed by atoms with Crippen LogP contribution in [0.3, 0.4) is 0 Å². The second-order valence-corrected chi connectivity index (χ2v) is 7.36. The molecule has 154 valence electrons. The molecule has 1 aliphatic heterocycles. The molecule has 2 aromatic rings. The zero-order valence-corrected chi connectivity index (χ0v) is 16.4. The van der Waals surface area contributed by atoms with Crippen molar-refractivity contribution in [2.45, 2.75) is 19.3 Å². The Kier molecular flexibility index (Phi) is 7.12. The number of anilines is 1. The largest absolute Gasteiger partial charge is 0.492 e. The summed E-state index contributed by atoms with van der Waals surface area (Å²) in [5, 5.41) is 10.3. The minimum absolute atomic E-state index is 0.0420. The van der Waals surface area contributed by atoms with Gasteiger partial charge in [-0.2, -0.15) is 0 Å². The number of hydrogen-bond acceptors (Lipinski definition) is 6. The number of aromatic nitrogens is 1. The molecule has 0 spiro atoms. The minimum Gasteiger partial charge on any atom is -0.492 e. The van der Waals surface area contributed by atoms with E-state index in [1.54, 1.807) is 5.38 Å². The first kappa shape index (κ1) is 20.7. The van der Waals surface area contributed by atoms with Crippen LogP contribution in [0.15, 0.2) is 29.6 Å². The van der Waals surface area contributed by atoms with Crippen molar-refractivity contribution < 1.29 is 23.5 Å². The van der Waals surface area contributed by atoms with Gasteiger partial charge in [0.25, 0.3) is 0 Å². The Labute approximate surface area is 170 Å². The Morgan fingerprint density at radius 2 is 2.10 bits per heavy atom. The molecule has 1 aromatic heterocycles. The molecule has 1 saturated heterocycles. The number of ether oxygens (including phenoxy) is 1. The summed E-state index contributed by atoms with van der Waals surface area (Å²) in [4.78, 5) is 39.6. The molecule has 10 heteroatoms. The molecule has 8 nitrogen and oxygen atoms in total. The first-order valence-corrected chi connectivity index (χ1v) is 10.0. The van der Waals surface area contributed by atoms with Gasteiger partial charge in [-0.1, -0.05) is 0 Å². The van der Waals surface area contributed by atoms with Gasteiger partial charge < -0.3 is 20.7 Å². The molecule has 3 amide bonds. The molecule has 3 N–H and O–H groups in total. The molecule has 1 aromatic carbocycles. The van der Waals surface area contributed by atoms with E-state index in [0.29, 0.717) is 42.5 Å². The third-order valence-corrected chi connectivity index (χ3v) is 5.07. The second-order valence-electron chi connectivity index (χ2n) is 6.50. The molecule has 1 fully saturated rings. The van der Waals surface area contributed by atoms with E-state index < -0.39 is 0 Å². The van der Waals surface area contributed by atoms with E-state index >= 15 is 0 Å². The van der Waals surface area contributed by atoms with Gasteiger partial charge in [-0.15, -0.1) is 11.3 Å². The van der Waals surface area contributed by atoms with E-state index in [1.165, 1.54) is 35.6 Å². The van der Waals surface area contributed by atoms with Gasteiger partial charge in [0.15, 0.2) is 5.13 Å². The van der Waals surface area contributed by atoms with Gasteiger partial charge in [-0.3, -0.25) is 14.4 Å². The summed E-state index contributed by atoms with van der Waals surface area (Å²) in [7, 11) is 0. The van der Waals surface area contributed by atoms with Crippen LogP contribution >= 0.6 is 11.3 Å². The van der Waals surface area contributed by atoms with Crippen molar-refractivity contribution in [3.05, 3.63) is 41.2 Å². The first-order valence-electron chi connectivity index (χ1n) is 9.16. The average Bonchev–Trinajstić information content (AvgIpc) is 3.13. The highest BCUT2D eigenvalue weighted by Crippen LogP contribution is 2.19. The molecule has 0 bridgehead atoms. The Morgan fingerprint density at radius 3 is 2.83 bits per heavy atom. The molecule has 1 unspecified atom stereocenters. The quantitative estimate of drug-likeness (QED) is 0.561. The summed E-state index contributed by atoms with van der Waals surface area (Å²) < 4.78 is 18.2. The van der Waals surface area contributed by atoms with Gasteiger partial charge in [0, 0.05) is 18.3 Å². The predicted molar refractivity (Wildman–Crippen MR) is 105 cm³/mol. The van der Waals surface area contributed by atoms with Gasteiger partial charge in [-0.25, -0.2) is 9.37 Å². The molecule has 0 saturated carbocycles. The van der Waals surface area contributed by atoms with Gasteiger partial charge in [0.1, 0.15) is 18.2 Å². The van der Waals surface area contributed by atoms with Crippen molar-refractivity contribution >= 4 is 34.2 Å². The lowest BCUT2D eigenvalue weighted by atomic mass is 9.98. The number of hydrogen-bond donors (Lipinski definition) is 3. The van der Waals surface area contributed by atoms with Crippen LogP contribution in [0.4, 0.5) is 9.52 Å². The fourth-order valence-electron chi connectivity index (χ4n) is 2.73. The highest BCUT2D eigenvalue weighted by Gasteiger charge is 2.25. The number of carbonyl (C=O) groups excluding carboxylic acids is 3. The molecular formula is C19H21FN4O4S. The van der Waals surface area contributed by atoms with Crippen LogP contribution in [0, 0.1) is 11.7 Å². The molecule has 0 aliphatic carbocycles. The van der Waals surface area contributed by atoms with E-state index in [1.807, 2.05) is 0 Å². The summed E-state index contributed by atoms with van der Waals surface area (Å²) >= 11 is 1.25. The molecular weight excluding hydrogens is 399 g/mol. The van der Waals surface area contributed by atoms with Crippen LogP contribution in [0.25, 0.3) is 0 Å². The van der Waals surface area contributed by atoms with Crippen LogP contribution in [-0.2, 0) is 20.8 Å². The maximum atomic E-state index is 12.8. The lowest BCUT2D eigenvalue weighted by Crippen LogP contribution is -2.40. The number of carbonyl (C=O) groups is 3. The SMILES string of the molecule is O=C1CCC(C(=O)Nc2nc(CC(=O)NCCOc3ccc(F)cc3)cs2)CN1. The van der Waals surface area contributed by atoms with Gasteiger partial charge in [0.2, 0.25) is 17.7 Å². The summed E-state index contributed by atoms with van der Waals surface area (Å²) in [6.45, 7) is 0.885. The van der Waals surface area contributed by atoms with Crippen molar-refractivity contribution in [2.75, 3.05) is 25.0 Å². The number of nitrogens with one attached hydrogen (secondary N) is 3. The van der Waals surface area contributed by atoms with Crippen molar-refractivity contribution in [1.82, 2.24) is 15.6 Å². The number of thiazole rings is 1. The number of rotatable bonds is 8. The number of nitrogens with zero attached hydrogens (tertiary/aromatic N) is 1. The van der Waals surface area contributed by atoms with Crippen molar-refractivity contribution in [1.29, 1.82) is 0 Å². The lowest BCUT2D eigenvalue weighted by Gasteiger charge is -2.20. The van der Waals surface area contributed by atoms with Crippen LogP contribution in [0.1, 0.15) is 18.5 Å². The van der Waals surface area contributed by atoms with E-state index in [0.717, 1.165) is 0 Å². The highest BCUT2D eigenvalue weighted by molar-refractivity contribution is 7.13. The third-order valence-electron chi connectivity index (χ3n) is 4.27. The zero-order chi connectivity index (χ0) is 20.6. The molecule has 1 aliphatic rings. The number of amides is 3. The topological polar surface area (TPSA) is 109 Å². The summed E-state index contributed by atoms with van der Waals surface area (Å²) in [6, 6.07) is 5.64. The van der Waals surface area contributed by atoms with Crippen LogP contribution in [0.5, 0.6) is 5.75 Å². The normalized spacial score (nSPS) is 16.0. The van der Waals surface area contributed by atoms with E-state index in [4.69, 9.17) is 4.74 Å². The Balaban J connectivity index is 1.36. The standard InChI is InChI=1S/C19H21FN4O4S/c20-13-2-4-15(5-3-13)28-8-7-21-17(26)9-14-11-29-19(23-14)24-18(27)12-1-6-16(25)22-10-12/h2-5,11-12H,1,6-10H2,(H,21,26)(H,22,25)(H,23,24,27). The zero-order valence-electron chi connectivity index (χ0n) is 15.6. The van der Waals surface area contributed by atoms with Crippen molar-refractivity contribution in [2.24, 2.45) is 5.92 Å². The molecule has 3 rings (SSSR count). The molecule has 29 heavy (non-hydrogen) atoms. The van der Waals surface area contributed by atoms with Gasteiger partial charge in [-0.05, 0) is 30.7 Å². The number of benzene rings is 1. The Morgan fingerprint density at radius 1 is 1.31 bits per heavy atom. The van der Waals surface area contributed by atoms with Crippen molar-refractivity contribution in [3.63, 3.8) is 0 Å². The maximum Gasteiger partial charge on any atom is 0.231 e. The summed E-state index contributed by atoms with van der Waals surface area (Å²) in [6.07, 6.45) is 0.937. The fraction of sp³-hybridized carbons (Fsp3) is 0.368. The van der Waals surface area contributed by atoms with Crippen LogP contribution in [0.2, 0.25) is 0 Å². The number of halogens is 1. The first-order chi connectivity index (χ1) is 14.0. The maximum absolute atomic E-state index is 12.8. The minimum atomic E-state index is -0.338. The van der Waals surface area contributed by atoms with Crippen LogP contribution in [-0.4, -0.2) is 42.4 Å². The molecule has 1 atom stereocenters. The lowest BCUT2D eigenvalue weighted by molar-refractivity contribution is -0.126. The fourth-order valence-corrected chi connectivity index (χ4v) is 3.44. The smallest absolute Gasteiger partial charge is 0.231 e. The molecule has 0 radical (unpaired) electrons. The number of piperidine rings is 1. The van der Waals surface area contributed by atoms with Crippen LogP contribution < -0.4 is 20.7 Å². The second kappa shape index (κ2) is 9.97. The predicted octanol–water partition coefficient (Wildman–Crippen LogP) is 1.48. The monoisotopic (exact) mass is 420 g/mol. The summed E-state index contributed by atoms with van der Waals surface area (Å²) in [5.74, 6) is -0.531. The summed E-state index contributed by atoms with van der Waals surface area (Å²) in [5.41, 5.74) is 0.555. The average molecular weight is 420 g/mol. The third kappa shape index (κ3) is 6.53. The van der Waals surface area contributed by atoms with Gasteiger partial charge in [0.05, 0.1) is 24.6 Å². The Hall–Kier alpha value is -3.01. The Bertz CT molecular complexity index is 861. The van der Waals surface area contributed by atoms with E-state index in [2.05, 4.69) is 20.9 Å². The van der Waals surface area contributed by atoms with Gasteiger partial charge >= 0.3 is 0 Å². The van der Waals surface area contributed by atoms with E-state index in [9.17, 15) is 18.8 Å². The highest BCUT2D eigenvalue weighted by atomic mass is 32.1.